The minimum Gasteiger partial charge on any atom is -0.388 e. The van der Waals surface area contributed by atoms with E-state index in [9.17, 15) is 5.11 Å². The third-order valence-electron chi connectivity index (χ3n) is 4.58. The van der Waals surface area contributed by atoms with Crippen LogP contribution < -0.4 is 10.6 Å². The molecule has 3 N–H and O–H groups in total. The fourth-order valence-electron chi connectivity index (χ4n) is 3.21. The zero-order chi connectivity index (χ0) is 15.1. The van der Waals surface area contributed by atoms with Crippen LogP contribution in [-0.2, 0) is 4.74 Å². The van der Waals surface area contributed by atoms with Crippen LogP contribution in [0.25, 0.3) is 0 Å². The van der Waals surface area contributed by atoms with Crippen molar-refractivity contribution in [1.82, 2.24) is 10.6 Å². The Bertz CT molecular complexity index is 346. The Labute approximate surface area is 151 Å². The van der Waals surface area contributed by atoms with Crippen LogP contribution in [0.15, 0.2) is 4.99 Å². The lowest BCUT2D eigenvalue weighted by Gasteiger charge is -2.32. The Morgan fingerprint density at radius 3 is 2.68 bits per heavy atom. The van der Waals surface area contributed by atoms with Gasteiger partial charge in [-0.1, -0.05) is 19.8 Å². The Kier molecular flexibility index (Phi) is 9.01. The molecule has 6 heteroatoms. The molecule has 0 radical (unpaired) electrons. The molecule has 1 saturated carbocycles. The van der Waals surface area contributed by atoms with Crippen LogP contribution in [-0.4, -0.2) is 49.0 Å². The summed E-state index contributed by atoms with van der Waals surface area (Å²) < 4.78 is 5.31. The van der Waals surface area contributed by atoms with Crippen LogP contribution >= 0.6 is 24.0 Å². The van der Waals surface area contributed by atoms with Crippen molar-refractivity contribution in [2.24, 2.45) is 10.9 Å². The molecule has 1 aliphatic carbocycles. The van der Waals surface area contributed by atoms with Gasteiger partial charge in [0.15, 0.2) is 5.96 Å². The first-order valence-corrected chi connectivity index (χ1v) is 8.46. The van der Waals surface area contributed by atoms with Gasteiger partial charge in [0.2, 0.25) is 0 Å². The Balaban J connectivity index is 0.00000242. The average molecular weight is 425 g/mol. The highest BCUT2D eigenvalue weighted by molar-refractivity contribution is 14.0. The van der Waals surface area contributed by atoms with E-state index < -0.39 is 5.60 Å². The monoisotopic (exact) mass is 425 g/mol. The summed E-state index contributed by atoms with van der Waals surface area (Å²) >= 11 is 0. The lowest BCUT2D eigenvalue weighted by atomic mass is 9.87. The van der Waals surface area contributed by atoms with E-state index in [1.807, 2.05) is 0 Å². The fourth-order valence-corrected chi connectivity index (χ4v) is 3.21. The van der Waals surface area contributed by atoms with E-state index in [-0.39, 0.29) is 24.0 Å². The molecule has 0 aromatic carbocycles. The van der Waals surface area contributed by atoms with Gasteiger partial charge in [-0.05, 0) is 25.7 Å². The summed E-state index contributed by atoms with van der Waals surface area (Å²) in [5.74, 6) is 1.63. The number of hydrogen-bond donors (Lipinski definition) is 3. The third-order valence-corrected chi connectivity index (χ3v) is 4.58. The second kappa shape index (κ2) is 9.93. The molecule has 1 aliphatic heterocycles. The van der Waals surface area contributed by atoms with Crippen molar-refractivity contribution in [1.29, 1.82) is 0 Å². The van der Waals surface area contributed by atoms with Gasteiger partial charge >= 0.3 is 0 Å². The number of aliphatic hydroxyl groups is 1. The zero-order valence-corrected chi connectivity index (χ0v) is 16.3. The molecule has 130 valence electrons. The molecule has 2 aliphatic rings. The predicted octanol–water partition coefficient (Wildman–Crippen LogP) is 2.28. The lowest BCUT2D eigenvalue weighted by molar-refractivity contribution is -0.0566. The maximum atomic E-state index is 10.5. The molecular formula is C16H32IN3O2. The second-order valence-corrected chi connectivity index (χ2v) is 6.64. The number of hydrogen-bond acceptors (Lipinski definition) is 3. The molecule has 2 unspecified atom stereocenters. The summed E-state index contributed by atoms with van der Waals surface area (Å²) in [7, 11) is 0. The van der Waals surface area contributed by atoms with Crippen molar-refractivity contribution in [3.8, 4) is 0 Å². The molecule has 0 aromatic heterocycles. The number of halogens is 1. The summed E-state index contributed by atoms with van der Waals surface area (Å²) in [5.41, 5.74) is -0.694. The standard InChI is InChI=1S/C16H31N3O2.HI/c1-3-17-15(19-14-6-4-5-13(2)11-14)18-12-16(20)7-9-21-10-8-16;/h13-14,20H,3-12H2,1-2H3,(H2,17,18,19);1H. The number of rotatable bonds is 4. The van der Waals surface area contributed by atoms with Gasteiger partial charge in [0.25, 0.3) is 0 Å². The number of aliphatic imine (C=N–C) groups is 1. The zero-order valence-electron chi connectivity index (χ0n) is 13.9. The predicted molar refractivity (Wildman–Crippen MR) is 101 cm³/mol. The summed E-state index contributed by atoms with van der Waals surface area (Å²) in [6, 6.07) is 0.510. The Hall–Kier alpha value is -0.0800. The van der Waals surface area contributed by atoms with Gasteiger partial charge in [0.05, 0.1) is 12.1 Å². The van der Waals surface area contributed by atoms with Gasteiger partial charge in [-0.15, -0.1) is 24.0 Å². The van der Waals surface area contributed by atoms with E-state index in [0.717, 1.165) is 18.4 Å². The number of guanidine groups is 1. The van der Waals surface area contributed by atoms with Crippen molar-refractivity contribution in [2.75, 3.05) is 26.3 Å². The van der Waals surface area contributed by atoms with Gasteiger partial charge < -0.3 is 20.5 Å². The maximum absolute atomic E-state index is 10.5. The van der Waals surface area contributed by atoms with Crippen molar-refractivity contribution in [2.45, 2.75) is 64.0 Å². The van der Waals surface area contributed by atoms with Gasteiger partial charge in [-0.3, -0.25) is 4.99 Å². The third kappa shape index (κ3) is 6.58. The topological polar surface area (TPSA) is 65.9 Å². The molecule has 1 saturated heterocycles. The fraction of sp³-hybridized carbons (Fsp3) is 0.938. The molecule has 2 rings (SSSR count). The molecule has 1 heterocycles. The number of nitrogens with one attached hydrogen (secondary N) is 2. The van der Waals surface area contributed by atoms with Crippen molar-refractivity contribution >= 4 is 29.9 Å². The first-order chi connectivity index (χ1) is 10.1. The molecule has 0 aromatic rings. The van der Waals surface area contributed by atoms with Crippen molar-refractivity contribution in [3.05, 3.63) is 0 Å². The van der Waals surface area contributed by atoms with E-state index in [1.165, 1.54) is 25.7 Å². The first-order valence-electron chi connectivity index (χ1n) is 8.46. The summed E-state index contributed by atoms with van der Waals surface area (Å²) in [5, 5.41) is 17.3. The molecular weight excluding hydrogens is 393 g/mol. The van der Waals surface area contributed by atoms with E-state index in [0.29, 0.717) is 38.6 Å². The van der Waals surface area contributed by atoms with Gasteiger partial charge in [0.1, 0.15) is 0 Å². The molecule has 22 heavy (non-hydrogen) atoms. The van der Waals surface area contributed by atoms with E-state index >= 15 is 0 Å². The highest BCUT2D eigenvalue weighted by Gasteiger charge is 2.29. The van der Waals surface area contributed by atoms with Crippen LogP contribution in [0.2, 0.25) is 0 Å². The van der Waals surface area contributed by atoms with Crippen LogP contribution in [0.3, 0.4) is 0 Å². The van der Waals surface area contributed by atoms with Gasteiger partial charge in [-0.2, -0.15) is 0 Å². The summed E-state index contributed by atoms with van der Waals surface area (Å²) in [6.45, 7) is 6.96. The molecule has 2 atom stereocenters. The minimum atomic E-state index is -0.694. The quantitative estimate of drug-likeness (QED) is 0.368. The molecule has 5 nitrogen and oxygen atoms in total. The molecule has 0 bridgehead atoms. The van der Waals surface area contributed by atoms with Gasteiger partial charge in [0, 0.05) is 38.6 Å². The number of ether oxygens (including phenoxy) is 1. The largest absolute Gasteiger partial charge is 0.388 e. The summed E-state index contributed by atoms with van der Waals surface area (Å²) in [4.78, 5) is 4.62. The normalized spacial score (nSPS) is 28.6. The minimum absolute atomic E-state index is 0. The molecule has 0 spiro atoms. The average Bonchev–Trinajstić information content (AvgIpc) is 2.46. The van der Waals surface area contributed by atoms with Crippen molar-refractivity contribution < 1.29 is 9.84 Å². The Morgan fingerprint density at radius 1 is 1.32 bits per heavy atom. The highest BCUT2D eigenvalue weighted by Crippen LogP contribution is 2.23. The highest BCUT2D eigenvalue weighted by atomic mass is 127. The lowest BCUT2D eigenvalue weighted by Crippen LogP contribution is -2.46. The van der Waals surface area contributed by atoms with E-state index in [2.05, 4.69) is 29.5 Å². The van der Waals surface area contributed by atoms with Crippen LogP contribution in [0.1, 0.15) is 52.4 Å². The maximum Gasteiger partial charge on any atom is 0.191 e. The van der Waals surface area contributed by atoms with Gasteiger partial charge in [-0.25, -0.2) is 0 Å². The van der Waals surface area contributed by atoms with E-state index in [4.69, 9.17) is 4.74 Å². The summed E-state index contributed by atoms with van der Waals surface area (Å²) in [6.07, 6.45) is 6.41. The smallest absolute Gasteiger partial charge is 0.191 e. The molecule has 0 amide bonds. The second-order valence-electron chi connectivity index (χ2n) is 6.64. The first kappa shape index (κ1) is 20.0. The van der Waals surface area contributed by atoms with Crippen molar-refractivity contribution in [3.63, 3.8) is 0 Å². The van der Waals surface area contributed by atoms with Crippen LogP contribution in [0.5, 0.6) is 0 Å². The Morgan fingerprint density at radius 2 is 2.05 bits per heavy atom. The van der Waals surface area contributed by atoms with Crippen LogP contribution in [0, 0.1) is 5.92 Å². The SMILES string of the molecule is CCNC(=NCC1(O)CCOCC1)NC1CCCC(C)C1.I. The van der Waals surface area contributed by atoms with Crippen LogP contribution in [0.4, 0.5) is 0 Å². The number of nitrogens with zero attached hydrogens (tertiary/aromatic N) is 1. The van der Waals surface area contributed by atoms with E-state index in [1.54, 1.807) is 0 Å². The molecule has 2 fully saturated rings.